The van der Waals surface area contributed by atoms with Crippen LogP contribution in [0.3, 0.4) is 0 Å². The van der Waals surface area contributed by atoms with Gasteiger partial charge in [0.2, 0.25) is 6.04 Å². The fourth-order valence-electron chi connectivity index (χ4n) is 1.99. The van der Waals surface area contributed by atoms with Gasteiger partial charge < -0.3 is 9.80 Å². The third kappa shape index (κ3) is 7.02. The monoisotopic (exact) mass is 431 g/mol. The fraction of sp³-hybridized carbons (Fsp3) is 0.529. The van der Waals surface area contributed by atoms with E-state index < -0.39 is 6.04 Å². The van der Waals surface area contributed by atoms with Crippen molar-refractivity contribution in [1.29, 1.82) is 0 Å². The minimum Gasteiger partial charge on any atom is -0.361 e. The van der Waals surface area contributed by atoms with Crippen LogP contribution in [-0.2, 0) is 0 Å². The minimum atomic E-state index is -0.793. The summed E-state index contributed by atoms with van der Waals surface area (Å²) >= 11 is 13.6. The van der Waals surface area contributed by atoms with Crippen molar-refractivity contribution in [2.75, 3.05) is 32.9 Å². The molecule has 9 heteroatoms. The van der Waals surface area contributed by atoms with Gasteiger partial charge in [0.15, 0.2) is 0 Å². The summed E-state index contributed by atoms with van der Waals surface area (Å²) in [6, 6.07) is 8.75. The van der Waals surface area contributed by atoms with Gasteiger partial charge in [-0.05, 0) is 19.4 Å². The lowest BCUT2D eigenvalue weighted by atomic mass is 10.1. The van der Waals surface area contributed by atoms with Crippen molar-refractivity contribution in [3.05, 3.63) is 46.0 Å². The molecule has 1 rings (SSSR count). The molecule has 2 atom stereocenters. The Morgan fingerprint density at radius 2 is 1.65 bits per heavy atom. The van der Waals surface area contributed by atoms with E-state index in [9.17, 15) is 10.1 Å². The lowest BCUT2D eigenvalue weighted by molar-refractivity contribution is -0.516. The lowest BCUT2D eigenvalue weighted by Crippen LogP contribution is -2.33. The van der Waals surface area contributed by atoms with Gasteiger partial charge in [-0.2, -0.15) is 0 Å². The topological polar surface area (TPSA) is 49.6 Å². The number of hydrogen-bond acceptors (Lipinski definition) is 6. The van der Waals surface area contributed by atoms with Crippen molar-refractivity contribution < 1.29 is 4.92 Å². The van der Waals surface area contributed by atoms with E-state index in [0.29, 0.717) is 14.4 Å². The molecule has 0 aliphatic carbocycles. The average molecular weight is 432 g/mol. The first-order valence-corrected chi connectivity index (χ1v) is 11.0. The molecule has 144 valence electrons. The second-order valence-electron chi connectivity index (χ2n) is 5.67. The zero-order chi connectivity index (χ0) is 19.7. The molecule has 0 radical (unpaired) electrons. The molecule has 1 aromatic carbocycles. The van der Waals surface area contributed by atoms with Crippen molar-refractivity contribution in [3.63, 3.8) is 0 Å². The van der Waals surface area contributed by atoms with Gasteiger partial charge >= 0.3 is 0 Å². The van der Waals surface area contributed by atoms with Gasteiger partial charge in [0.1, 0.15) is 13.9 Å². The molecular formula is C17H25N3O2S4. The summed E-state index contributed by atoms with van der Waals surface area (Å²) < 4.78 is 1.33. The maximum Gasteiger partial charge on any atom is 0.238 e. The number of rotatable bonds is 8. The number of nitro groups is 1. The van der Waals surface area contributed by atoms with Crippen molar-refractivity contribution in [2.45, 2.75) is 25.1 Å². The van der Waals surface area contributed by atoms with Crippen LogP contribution in [0.15, 0.2) is 30.3 Å². The minimum absolute atomic E-state index is 0.208. The fourth-order valence-corrected chi connectivity index (χ4v) is 5.04. The zero-order valence-corrected chi connectivity index (χ0v) is 18.7. The van der Waals surface area contributed by atoms with Crippen LogP contribution in [-0.4, -0.2) is 62.3 Å². The van der Waals surface area contributed by atoms with E-state index in [2.05, 4.69) is 0 Å². The Labute approximate surface area is 175 Å². The van der Waals surface area contributed by atoms with Crippen molar-refractivity contribution in [2.24, 2.45) is 0 Å². The average Bonchev–Trinajstić information content (AvgIpc) is 2.65. The van der Waals surface area contributed by atoms with E-state index >= 15 is 0 Å². The van der Waals surface area contributed by atoms with Gasteiger partial charge in [-0.25, -0.2) is 0 Å². The number of hydrogen-bond donors (Lipinski definition) is 0. The highest BCUT2D eigenvalue weighted by Crippen LogP contribution is 2.36. The van der Waals surface area contributed by atoms with Crippen LogP contribution in [0.2, 0.25) is 0 Å². The Bertz CT molecular complexity index is 615. The first kappa shape index (κ1) is 23.1. The molecule has 0 aromatic heterocycles. The first-order chi connectivity index (χ1) is 12.3. The summed E-state index contributed by atoms with van der Waals surface area (Å²) in [6.07, 6.45) is 0. The first-order valence-electron chi connectivity index (χ1n) is 8.29. The maximum atomic E-state index is 11.9. The Balaban J connectivity index is 3.04. The smallest absolute Gasteiger partial charge is 0.238 e. The molecule has 0 fully saturated rings. The number of benzene rings is 1. The van der Waals surface area contributed by atoms with Gasteiger partial charge in [0.05, 0.1) is 5.75 Å². The summed E-state index contributed by atoms with van der Waals surface area (Å²) in [5.41, 5.74) is 0.904. The van der Waals surface area contributed by atoms with Crippen LogP contribution in [0, 0.1) is 10.1 Å². The molecule has 0 aliphatic heterocycles. The molecule has 0 bridgehead atoms. The molecular weight excluding hydrogens is 406 g/mol. The summed E-state index contributed by atoms with van der Waals surface area (Å²) in [4.78, 5) is 15.5. The molecule has 0 spiro atoms. The summed E-state index contributed by atoms with van der Waals surface area (Å²) in [5, 5.41) is 11.5. The normalized spacial score (nSPS) is 12.9. The molecule has 1 aromatic rings. The largest absolute Gasteiger partial charge is 0.361 e. The van der Waals surface area contributed by atoms with Crippen molar-refractivity contribution in [1.82, 2.24) is 9.80 Å². The van der Waals surface area contributed by atoms with Crippen LogP contribution >= 0.6 is 48.0 Å². The van der Waals surface area contributed by atoms with Crippen LogP contribution < -0.4 is 0 Å². The van der Waals surface area contributed by atoms with Crippen LogP contribution in [0.5, 0.6) is 0 Å². The number of nitrogens with zero attached hydrogens (tertiary/aromatic N) is 3. The van der Waals surface area contributed by atoms with Gasteiger partial charge in [-0.3, -0.25) is 10.1 Å². The lowest BCUT2D eigenvalue weighted by Gasteiger charge is -2.25. The van der Waals surface area contributed by atoms with E-state index in [-0.39, 0.29) is 10.2 Å². The van der Waals surface area contributed by atoms with Crippen LogP contribution in [0.25, 0.3) is 0 Å². The quantitative estimate of drug-likeness (QED) is 0.343. The molecule has 0 aliphatic rings. The molecule has 5 nitrogen and oxygen atoms in total. The second kappa shape index (κ2) is 11.7. The highest BCUT2D eigenvalue weighted by Gasteiger charge is 2.35. The molecule has 26 heavy (non-hydrogen) atoms. The third-order valence-corrected chi connectivity index (χ3v) is 7.61. The van der Waals surface area contributed by atoms with E-state index in [4.69, 9.17) is 24.4 Å². The van der Waals surface area contributed by atoms with E-state index in [1.807, 2.05) is 68.1 Å². The van der Waals surface area contributed by atoms with Gasteiger partial charge in [-0.1, -0.05) is 78.3 Å². The Kier molecular flexibility index (Phi) is 10.4. The van der Waals surface area contributed by atoms with Gasteiger partial charge in [0, 0.05) is 32.1 Å². The van der Waals surface area contributed by atoms with Gasteiger partial charge in [0.25, 0.3) is 0 Å². The highest BCUT2D eigenvalue weighted by atomic mass is 32.2. The summed E-state index contributed by atoms with van der Waals surface area (Å²) in [5.74, 6) is 0.307. The van der Waals surface area contributed by atoms with E-state index in [0.717, 1.165) is 18.7 Å². The zero-order valence-electron chi connectivity index (χ0n) is 15.5. The van der Waals surface area contributed by atoms with Crippen molar-refractivity contribution >= 4 is 56.6 Å². The third-order valence-electron chi connectivity index (χ3n) is 3.93. The standard InChI is InChI=1S/C17H25N3O2S4/c1-5-18(3)16(23)25-12-14(20(21)22)15(13-10-8-7-9-11-13)26-17(24)19(4)6-2/h7-11,14-15H,5-6,12H2,1-4H3. The molecule has 0 saturated carbocycles. The number of thioether (sulfide) groups is 2. The Morgan fingerprint density at radius 1 is 1.12 bits per heavy atom. The summed E-state index contributed by atoms with van der Waals surface area (Å²) in [6.45, 7) is 5.54. The molecule has 0 amide bonds. The Hall–Kier alpha value is -0.900. The van der Waals surface area contributed by atoms with E-state index in [1.165, 1.54) is 23.5 Å². The highest BCUT2D eigenvalue weighted by molar-refractivity contribution is 8.23. The summed E-state index contributed by atoms with van der Waals surface area (Å²) in [7, 11) is 3.80. The maximum absolute atomic E-state index is 11.9. The SMILES string of the molecule is CCN(C)C(=S)SCC(C(SC(=S)N(C)CC)c1ccccc1)[N+](=O)[O-]. The van der Waals surface area contributed by atoms with Gasteiger partial charge in [-0.15, -0.1) is 0 Å². The van der Waals surface area contributed by atoms with Crippen molar-refractivity contribution in [3.8, 4) is 0 Å². The number of thiocarbonyl (C=S) groups is 2. The molecule has 0 saturated heterocycles. The van der Waals surface area contributed by atoms with E-state index in [1.54, 1.807) is 0 Å². The predicted molar refractivity (Wildman–Crippen MR) is 122 cm³/mol. The molecule has 0 heterocycles. The Morgan fingerprint density at radius 3 is 2.15 bits per heavy atom. The van der Waals surface area contributed by atoms with Crippen LogP contribution in [0.4, 0.5) is 0 Å². The molecule has 0 N–H and O–H groups in total. The van der Waals surface area contributed by atoms with Crippen LogP contribution in [0.1, 0.15) is 24.7 Å². The predicted octanol–water partition coefficient (Wildman–Crippen LogP) is 4.31. The molecule has 2 unspecified atom stereocenters. The second-order valence-corrected chi connectivity index (χ2v) is 9.10.